The second-order valence-electron chi connectivity index (χ2n) is 23.4. The number of rotatable bonds is 8. The molecule has 17 rings (SSSR count). The third-order valence-corrected chi connectivity index (χ3v) is 28.1. The molecule has 0 amide bonds. The van der Waals surface area contributed by atoms with Gasteiger partial charge in [-0.05, 0) is 275 Å². The van der Waals surface area contributed by atoms with E-state index in [9.17, 15) is 0 Å². The van der Waals surface area contributed by atoms with Crippen molar-refractivity contribution in [2.45, 2.75) is 187 Å². The predicted molar refractivity (Wildman–Crippen MR) is 210 cm³/mol. The summed E-state index contributed by atoms with van der Waals surface area (Å²) in [5.41, 5.74) is 3.79. The molecule has 0 aromatic heterocycles. The van der Waals surface area contributed by atoms with Gasteiger partial charge in [-0.3, -0.25) is 0 Å². The monoisotopic (exact) mass is 705 g/mol. The van der Waals surface area contributed by atoms with Crippen LogP contribution in [-0.4, -0.2) is 20.6 Å². The Morgan fingerprint density at radius 3 is 0.880 bits per heavy atom. The van der Waals surface area contributed by atoms with Gasteiger partial charge in [0.25, 0.3) is 0 Å². The second kappa shape index (κ2) is 10.9. The molecule has 16 bridgehead atoms. The van der Waals surface area contributed by atoms with Crippen molar-refractivity contribution in [2.75, 3.05) is 0 Å². The minimum atomic E-state index is 0.00678. The highest BCUT2D eigenvalue weighted by Gasteiger charge is 2.64. The highest BCUT2D eigenvalue weighted by molar-refractivity contribution is 7.60. The molecule has 16 saturated carbocycles. The lowest BCUT2D eigenvalue weighted by Crippen LogP contribution is -2.57. The largest absolute Gasteiger partial charge is 0.0894 e. The van der Waals surface area contributed by atoms with Crippen LogP contribution in [0.15, 0.2) is 18.2 Å². The summed E-state index contributed by atoms with van der Waals surface area (Å²) in [6.07, 6.45) is 42.4. The summed E-state index contributed by atoms with van der Waals surface area (Å²) in [5.74, 6) is 13.2. The zero-order valence-corrected chi connectivity index (χ0v) is 33.2. The molecular formula is C48H67P2. The van der Waals surface area contributed by atoms with Crippen LogP contribution in [0.5, 0.6) is 0 Å². The summed E-state index contributed by atoms with van der Waals surface area (Å²) in [5, 5.41) is 2.98. The predicted octanol–water partition coefficient (Wildman–Crippen LogP) is 13.3. The first kappa shape index (κ1) is 31.3. The van der Waals surface area contributed by atoms with Gasteiger partial charge >= 0.3 is 0 Å². The Hall–Kier alpha value is 0.0800. The van der Waals surface area contributed by atoms with Crippen LogP contribution in [0.4, 0.5) is 0 Å². The van der Waals surface area contributed by atoms with E-state index in [-0.39, 0.29) is 15.8 Å². The lowest BCUT2D eigenvalue weighted by molar-refractivity contribution is 0.0180. The van der Waals surface area contributed by atoms with E-state index in [2.05, 4.69) is 24.3 Å². The van der Waals surface area contributed by atoms with Crippen LogP contribution in [0, 0.1) is 77.1 Å². The van der Waals surface area contributed by atoms with Gasteiger partial charge < -0.3 is 0 Å². The molecule has 0 atom stereocenters. The van der Waals surface area contributed by atoms with Crippen molar-refractivity contribution in [3.8, 4) is 0 Å². The smallest absolute Gasteiger partial charge is 0.00600 e. The molecule has 16 aliphatic rings. The van der Waals surface area contributed by atoms with Gasteiger partial charge in [0.2, 0.25) is 0 Å². The number of benzene rings is 1. The molecule has 0 nitrogen and oxygen atoms in total. The van der Waals surface area contributed by atoms with Gasteiger partial charge in [-0.2, -0.15) is 0 Å². The fourth-order valence-corrected chi connectivity index (χ4v) is 30.8. The van der Waals surface area contributed by atoms with Crippen LogP contribution in [0.2, 0.25) is 0 Å². The maximum atomic E-state index is 3.82. The molecule has 0 spiro atoms. The van der Waals surface area contributed by atoms with E-state index < -0.39 is 0 Å². The normalized spacial score (nSPS) is 56.8. The highest BCUT2D eigenvalue weighted by atomic mass is 31.1. The van der Waals surface area contributed by atoms with Gasteiger partial charge in [-0.25, -0.2) is 0 Å². The topological polar surface area (TPSA) is 0 Å². The third-order valence-electron chi connectivity index (χ3n) is 20.0. The van der Waals surface area contributed by atoms with Crippen molar-refractivity contribution in [3.63, 3.8) is 0 Å². The van der Waals surface area contributed by atoms with Crippen molar-refractivity contribution >= 4 is 15.8 Å². The summed E-state index contributed by atoms with van der Waals surface area (Å²) >= 11 is 0. The Bertz CT molecular complexity index is 1190. The lowest BCUT2D eigenvalue weighted by atomic mass is 9.55. The first-order valence-electron chi connectivity index (χ1n) is 22.9. The SMILES string of the molecule is [c]1ccc(CP(C23CC4CC(CC(C4)C2)C3)C23CC4CC(CC(C4)C2)C3)c(CP(C23CC4CC(CC(C4)C2)C3)C23CC4CC(CC(C4)C2)C3)c1. The minimum absolute atomic E-state index is 0.00678. The second-order valence-corrected chi connectivity index (χ2v) is 29.6. The molecule has 0 N–H and O–H groups in total. The summed E-state index contributed by atoms with van der Waals surface area (Å²) in [6.45, 7) is 0. The lowest BCUT2D eigenvalue weighted by Gasteiger charge is -2.68. The summed E-state index contributed by atoms with van der Waals surface area (Å²) in [6, 6.07) is 11.6. The number of hydrogen-bond acceptors (Lipinski definition) is 0. The molecule has 2 heteroatoms. The average molecular weight is 706 g/mol. The van der Waals surface area contributed by atoms with E-state index in [1.54, 1.807) is 154 Å². The molecule has 16 fully saturated rings. The third kappa shape index (κ3) is 4.67. The standard InChI is InChI=1S/C48H67P2/c1-2-4-44(30-50(47-23-37-11-38(24-47)13-39(12-37)25-47)48-26-40-14-41(27-48)16-42(15-40)28-48)43(3-1)29-49(45-17-31-5-32(18-45)7-33(6-31)19-45)46-20-34-8-35(21-46)10-36(9-34)22-46/h1,3-4,31-42H,5-30H2. The fourth-order valence-electron chi connectivity index (χ4n) is 20.4. The summed E-state index contributed by atoms with van der Waals surface area (Å²) in [4.78, 5) is 0. The molecule has 50 heavy (non-hydrogen) atoms. The van der Waals surface area contributed by atoms with E-state index in [1.807, 2.05) is 11.1 Å². The maximum Gasteiger partial charge on any atom is -0.00600 e. The first-order chi connectivity index (χ1) is 24.4. The van der Waals surface area contributed by atoms with Gasteiger partial charge in [0, 0.05) is 0 Å². The van der Waals surface area contributed by atoms with E-state index in [0.29, 0.717) is 0 Å². The van der Waals surface area contributed by atoms with Crippen molar-refractivity contribution in [1.29, 1.82) is 0 Å². The van der Waals surface area contributed by atoms with E-state index >= 15 is 0 Å². The van der Waals surface area contributed by atoms with Gasteiger partial charge in [0.15, 0.2) is 0 Å². The van der Waals surface area contributed by atoms with Crippen LogP contribution in [0.1, 0.15) is 165 Å². The van der Waals surface area contributed by atoms with Crippen molar-refractivity contribution < 1.29 is 0 Å². The molecule has 1 aromatic carbocycles. The molecule has 0 saturated heterocycles. The molecule has 1 radical (unpaired) electrons. The first-order valence-corrected chi connectivity index (χ1v) is 26.0. The molecule has 0 heterocycles. The van der Waals surface area contributed by atoms with Crippen LogP contribution >= 0.6 is 15.8 Å². The highest BCUT2D eigenvalue weighted by Crippen LogP contribution is 2.82. The molecule has 0 aliphatic heterocycles. The van der Waals surface area contributed by atoms with Gasteiger partial charge in [0.05, 0.1) is 0 Å². The Labute approximate surface area is 308 Å². The van der Waals surface area contributed by atoms with Crippen LogP contribution in [-0.2, 0) is 12.3 Å². The molecule has 0 unspecified atom stereocenters. The Morgan fingerprint density at radius 1 is 0.380 bits per heavy atom. The van der Waals surface area contributed by atoms with E-state index in [4.69, 9.17) is 0 Å². The van der Waals surface area contributed by atoms with Gasteiger partial charge in [0.1, 0.15) is 0 Å². The Balaban J connectivity index is 0.903. The minimum Gasteiger partial charge on any atom is -0.0894 e. The Kier molecular flexibility index (Phi) is 6.82. The zero-order valence-electron chi connectivity index (χ0n) is 31.4. The van der Waals surface area contributed by atoms with E-state index in [0.717, 1.165) is 91.6 Å². The summed E-state index contributed by atoms with van der Waals surface area (Å²) in [7, 11) is 0.0197. The van der Waals surface area contributed by atoms with Crippen molar-refractivity contribution in [1.82, 2.24) is 0 Å². The fraction of sp³-hybridized carbons (Fsp3) is 0.875. The molecule has 16 aliphatic carbocycles. The molecule has 269 valence electrons. The van der Waals surface area contributed by atoms with Crippen LogP contribution in [0.25, 0.3) is 0 Å². The molecular weight excluding hydrogens is 638 g/mol. The van der Waals surface area contributed by atoms with Gasteiger partial charge in [-0.1, -0.05) is 34.0 Å². The van der Waals surface area contributed by atoms with Crippen LogP contribution < -0.4 is 0 Å². The quantitative estimate of drug-likeness (QED) is 0.236. The zero-order chi connectivity index (χ0) is 32.5. The maximum absolute atomic E-state index is 3.82. The van der Waals surface area contributed by atoms with Gasteiger partial charge in [-0.15, -0.1) is 0 Å². The van der Waals surface area contributed by atoms with Crippen LogP contribution in [0.3, 0.4) is 0 Å². The van der Waals surface area contributed by atoms with Crippen molar-refractivity contribution in [3.05, 3.63) is 35.4 Å². The van der Waals surface area contributed by atoms with E-state index in [1.165, 1.54) is 12.3 Å². The number of hydrogen-bond donors (Lipinski definition) is 0. The average Bonchev–Trinajstić information content (AvgIpc) is 3.04. The molecule has 1 aromatic rings. The Morgan fingerprint density at radius 2 is 0.620 bits per heavy atom. The summed E-state index contributed by atoms with van der Waals surface area (Å²) < 4.78 is 0. The van der Waals surface area contributed by atoms with Crippen molar-refractivity contribution in [2.24, 2.45) is 71.0 Å².